The largest absolute Gasteiger partial charge is 0.466 e. The number of hydroxylamine groups is 2. The predicted molar refractivity (Wildman–Crippen MR) is 88.8 cm³/mol. The Kier molecular flexibility index (Phi) is 9.06. The van der Waals surface area contributed by atoms with E-state index in [4.69, 9.17) is 14.2 Å². The second-order valence-corrected chi connectivity index (χ2v) is 5.95. The van der Waals surface area contributed by atoms with Gasteiger partial charge in [-0.25, -0.2) is 9.59 Å². The first-order valence-corrected chi connectivity index (χ1v) is 8.76. The minimum atomic E-state index is -1.61. The lowest BCUT2D eigenvalue weighted by Crippen LogP contribution is -2.39. The van der Waals surface area contributed by atoms with Crippen molar-refractivity contribution < 1.29 is 47.8 Å². The molecular formula is C17H23NO10. The second kappa shape index (κ2) is 11.0. The molecule has 0 radical (unpaired) electrons. The number of amides is 2. The number of esters is 3. The lowest BCUT2D eigenvalue weighted by molar-refractivity contribution is -0.206. The van der Waals surface area contributed by atoms with E-state index >= 15 is 0 Å². The molecule has 1 rings (SSSR count). The first-order chi connectivity index (χ1) is 13.1. The van der Waals surface area contributed by atoms with Crippen molar-refractivity contribution in [2.24, 2.45) is 0 Å². The summed E-state index contributed by atoms with van der Waals surface area (Å²) in [5.41, 5.74) is 0. The molecule has 0 aromatic rings. The van der Waals surface area contributed by atoms with Crippen LogP contribution in [-0.2, 0) is 47.8 Å². The highest BCUT2D eigenvalue weighted by Crippen LogP contribution is 2.14. The van der Waals surface area contributed by atoms with Crippen LogP contribution in [0.25, 0.3) is 0 Å². The number of ether oxygens (including phenoxy) is 3. The number of rotatable bonds is 10. The van der Waals surface area contributed by atoms with Crippen LogP contribution in [-0.4, -0.2) is 59.6 Å². The Morgan fingerprint density at radius 1 is 1.04 bits per heavy atom. The van der Waals surface area contributed by atoms with E-state index in [0.717, 1.165) is 20.3 Å². The van der Waals surface area contributed by atoms with Crippen molar-refractivity contribution in [3.05, 3.63) is 0 Å². The minimum absolute atomic E-state index is 0.0883. The summed E-state index contributed by atoms with van der Waals surface area (Å²) in [6.07, 6.45) is -2.48. The van der Waals surface area contributed by atoms with Crippen LogP contribution in [0.15, 0.2) is 0 Å². The van der Waals surface area contributed by atoms with Crippen LogP contribution in [0.5, 0.6) is 0 Å². The molecule has 1 aliphatic heterocycles. The van der Waals surface area contributed by atoms with Crippen LogP contribution < -0.4 is 0 Å². The highest BCUT2D eigenvalue weighted by molar-refractivity contribution is 6.01. The highest BCUT2D eigenvalue weighted by atomic mass is 16.7. The Morgan fingerprint density at radius 3 is 2.18 bits per heavy atom. The van der Waals surface area contributed by atoms with Gasteiger partial charge in [0.2, 0.25) is 6.10 Å². The van der Waals surface area contributed by atoms with Crippen molar-refractivity contribution in [2.45, 2.75) is 65.1 Å². The molecule has 1 fully saturated rings. The molecule has 0 bridgehead atoms. The fraction of sp³-hybridized carbons (Fsp3) is 0.647. The summed E-state index contributed by atoms with van der Waals surface area (Å²) >= 11 is 0. The van der Waals surface area contributed by atoms with Crippen molar-refractivity contribution >= 4 is 35.7 Å². The third kappa shape index (κ3) is 7.33. The smallest absolute Gasteiger partial charge is 0.373 e. The zero-order valence-corrected chi connectivity index (χ0v) is 15.9. The molecule has 2 atom stereocenters. The maximum atomic E-state index is 12.2. The normalized spacial score (nSPS) is 15.6. The second-order valence-electron chi connectivity index (χ2n) is 5.95. The maximum Gasteiger partial charge on any atom is 0.373 e. The van der Waals surface area contributed by atoms with Gasteiger partial charge < -0.3 is 19.0 Å². The van der Waals surface area contributed by atoms with Crippen LogP contribution in [0.2, 0.25) is 0 Å². The molecule has 1 heterocycles. The molecule has 0 N–H and O–H groups in total. The number of carbonyl (C=O) groups is 6. The number of imide groups is 1. The van der Waals surface area contributed by atoms with Crippen molar-refractivity contribution in [2.75, 3.05) is 6.61 Å². The van der Waals surface area contributed by atoms with Crippen molar-refractivity contribution in [3.63, 3.8) is 0 Å². The average Bonchev–Trinajstić information content (AvgIpc) is 2.92. The van der Waals surface area contributed by atoms with Crippen LogP contribution in [0.3, 0.4) is 0 Å². The number of hydrogen-bond donors (Lipinski definition) is 0. The number of carbonyl (C=O) groups excluding carboxylic acids is 6. The molecule has 0 saturated carbocycles. The molecule has 2 amide bonds. The Morgan fingerprint density at radius 2 is 1.64 bits per heavy atom. The molecular weight excluding hydrogens is 378 g/mol. The summed E-state index contributed by atoms with van der Waals surface area (Å²) in [7, 11) is 0. The molecule has 11 nitrogen and oxygen atoms in total. The quantitative estimate of drug-likeness (QED) is 0.215. The van der Waals surface area contributed by atoms with Gasteiger partial charge in [-0.3, -0.25) is 19.2 Å². The summed E-state index contributed by atoms with van der Waals surface area (Å²) in [6, 6.07) is 0. The third-order valence-electron chi connectivity index (χ3n) is 3.50. The zero-order chi connectivity index (χ0) is 21.3. The van der Waals surface area contributed by atoms with E-state index in [0.29, 0.717) is 11.5 Å². The van der Waals surface area contributed by atoms with Crippen LogP contribution in [0.1, 0.15) is 52.9 Å². The molecule has 1 aliphatic rings. The summed E-state index contributed by atoms with van der Waals surface area (Å²) in [5.74, 6) is -5.35. The highest BCUT2D eigenvalue weighted by Gasteiger charge is 2.36. The van der Waals surface area contributed by atoms with Gasteiger partial charge in [-0.2, -0.15) is 0 Å². The van der Waals surface area contributed by atoms with E-state index in [2.05, 4.69) is 4.84 Å². The molecule has 0 unspecified atom stereocenters. The fourth-order valence-electron chi connectivity index (χ4n) is 2.03. The third-order valence-corrected chi connectivity index (χ3v) is 3.50. The summed E-state index contributed by atoms with van der Waals surface area (Å²) < 4.78 is 14.5. The van der Waals surface area contributed by atoms with Gasteiger partial charge >= 0.3 is 23.9 Å². The summed E-state index contributed by atoms with van der Waals surface area (Å²) in [6.45, 7) is 4.22. The van der Waals surface area contributed by atoms with Crippen molar-refractivity contribution in [1.82, 2.24) is 5.06 Å². The van der Waals surface area contributed by atoms with E-state index in [1.807, 2.05) is 6.92 Å². The topological polar surface area (TPSA) is 143 Å². The standard InChI is InChI=1S/C17H23NO10/c1-4-5-8-25-15(22)9-12(27-11(3)19)17(24)26-10(2)16(23)28-18-13(20)6-7-14(18)21/h10,12H,4-9H2,1-3H3/t10-,12-/m0/s1. The van der Waals surface area contributed by atoms with Crippen molar-refractivity contribution in [1.29, 1.82) is 0 Å². The van der Waals surface area contributed by atoms with E-state index < -0.39 is 54.3 Å². The monoisotopic (exact) mass is 401 g/mol. The predicted octanol–water partition coefficient (Wildman–Crippen LogP) is 0.190. The average molecular weight is 401 g/mol. The van der Waals surface area contributed by atoms with Crippen LogP contribution >= 0.6 is 0 Å². The molecule has 156 valence electrons. The Labute approximate surface area is 161 Å². The Balaban J connectivity index is 2.63. The number of nitrogens with zero attached hydrogens (tertiary/aromatic N) is 1. The molecule has 28 heavy (non-hydrogen) atoms. The van der Waals surface area contributed by atoms with Crippen LogP contribution in [0, 0.1) is 0 Å². The van der Waals surface area contributed by atoms with Gasteiger partial charge in [0.1, 0.15) is 0 Å². The van der Waals surface area contributed by atoms with Crippen molar-refractivity contribution in [3.8, 4) is 0 Å². The molecule has 0 spiro atoms. The van der Waals surface area contributed by atoms with Gasteiger partial charge in [0.25, 0.3) is 11.8 Å². The van der Waals surface area contributed by atoms with Gasteiger partial charge in [-0.1, -0.05) is 13.3 Å². The van der Waals surface area contributed by atoms with Gasteiger partial charge in [0, 0.05) is 19.8 Å². The zero-order valence-electron chi connectivity index (χ0n) is 15.9. The van der Waals surface area contributed by atoms with Gasteiger partial charge in [-0.15, -0.1) is 5.06 Å². The van der Waals surface area contributed by atoms with E-state index in [1.165, 1.54) is 0 Å². The lowest BCUT2D eigenvalue weighted by atomic mass is 10.2. The Bertz CT molecular complexity index is 628. The SMILES string of the molecule is CCCCOC(=O)C[C@H](OC(C)=O)C(=O)O[C@@H](C)C(=O)ON1C(=O)CCC1=O. The van der Waals surface area contributed by atoms with Gasteiger partial charge in [-0.05, 0) is 13.3 Å². The van der Waals surface area contributed by atoms with Gasteiger partial charge in [0.15, 0.2) is 6.10 Å². The molecule has 1 saturated heterocycles. The van der Waals surface area contributed by atoms with E-state index in [-0.39, 0.29) is 19.4 Å². The molecule has 11 heteroatoms. The molecule has 0 aromatic carbocycles. The first kappa shape index (κ1) is 23.1. The molecule has 0 aliphatic carbocycles. The molecule has 0 aromatic heterocycles. The summed E-state index contributed by atoms with van der Waals surface area (Å²) in [5, 5.41) is 0.307. The number of hydrogen-bond acceptors (Lipinski definition) is 10. The number of unbranched alkanes of at least 4 members (excludes halogenated alkanes) is 1. The first-order valence-electron chi connectivity index (χ1n) is 8.76. The van der Waals surface area contributed by atoms with Crippen LogP contribution in [0.4, 0.5) is 0 Å². The maximum absolute atomic E-state index is 12.2. The Hall–Kier alpha value is -2.98. The van der Waals surface area contributed by atoms with Gasteiger partial charge in [0.05, 0.1) is 13.0 Å². The summed E-state index contributed by atoms with van der Waals surface area (Å²) in [4.78, 5) is 74.5. The van der Waals surface area contributed by atoms with E-state index in [1.54, 1.807) is 0 Å². The lowest BCUT2D eigenvalue weighted by Gasteiger charge is -2.19. The van der Waals surface area contributed by atoms with E-state index in [9.17, 15) is 28.8 Å². The fourth-order valence-corrected chi connectivity index (χ4v) is 2.03. The minimum Gasteiger partial charge on any atom is -0.466 e.